The summed E-state index contributed by atoms with van der Waals surface area (Å²) in [6.07, 6.45) is 1.65. The summed E-state index contributed by atoms with van der Waals surface area (Å²) >= 11 is 1.32. The molecule has 0 bridgehead atoms. The first-order chi connectivity index (χ1) is 15.3. The van der Waals surface area contributed by atoms with Crippen LogP contribution in [0.15, 0.2) is 42.1 Å². The van der Waals surface area contributed by atoms with E-state index in [-0.39, 0.29) is 30.9 Å². The fraction of sp³-hybridized carbons (Fsp3) is 0.292. The van der Waals surface area contributed by atoms with E-state index in [0.29, 0.717) is 21.9 Å². The summed E-state index contributed by atoms with van der Waals surface area (Å²) in [5.41, 5.74) is 4.42. The first kappa shape index (κ1) is 22.0. The number of aromatic nitrogens is 1. The maximum Gasteiger partial charge on any atom is 0.263 e. The number of aliphatic hydroxyl groups is 1. The number of likely N-dealkylation sites (N-methyl/N-ethyl adjacent to an activating group) is 2. The number of allylic oxidation sites excluding steroid dienone is 1. The number of ether oxygens (including phenoxy) is 1. The van der Waals surface area contributed by atoms with Gasteiger partial charge in [0.05, 0.1) is 21.7 Å². The van der Waals surface area contributed by atoms with Crippen LogP contribution < -0.4 is 10.1 Å². The molecule has 0 saturated carbocycles. The van der Waals surface area contributed by atoms with Crippen LogP contribution >= 0.6 is 11.3 Å². The van der Waals surface area contributed by atoms with Gasteiger partial charge < -0.3 is 20.1 Å². The van der Waals surface area contributed by atoms with E-state index >= 15 is 0 Å². The van der Waals surface area contributed by atoms with E-state index in [1.54, 1.807) is 32.4 Å². The molecule has 2 amide bonds. The summed E-state index contributed by atoms with van der Waals surface area (Å²) in [6.45, 7) is 4.24. The molecule has 1 atom stereocenters. The summed E-state index contributed by atoms with van der Waals surface area (Å²) in [7, 11) is 3.29. The highest BCUT2D eigenvalue weighted by Gasteiger charge is 2.29. The summed E-state index contributed by atoms with van der Waals surface area (Å²) in [5.74, 6) is 1.15. The first-order valence-electron chi connectivity index (χ1n) is 10.4. The van der Waals surface area contributed by atoms with E-state index in [9.17, 15) is 9.59 Å². The Hall–Kier alpha value is -3.23. The molecule has 0 radical (unpaired) electrons. The van der Waals surface area contributed by atoms with Crippen LogP contribution in [0.4, 0.5) is 0 Å². The number of carbonyl (C=O) groups is 2. The fourth-order valence-corrected chi connectivity index (χ4v) is 5.01. The summed E-state index contributed by atoms with van der Waals surface area (Å²) in [6, 6.07) is 9.28. The van der Waals surface area contributed by atoms with Crippen molar-refractivity contribution < 1.29 is 19.4 Å². The number of carbonyl (C=O) groups excluding carboxylic acids is 2. The van der Waals surface area contributed by atoms with Crippen LogP contribution in [0.1, 0.15) is 40.6 Å². The van der Waals surface area contributed by atoms with Crippen molar-refractivity contribution in [3.05, 3.63) is 58.1 Å². The smallest absolute Gasteiger partial charge is 0.263 e. The molecular weight excluding hydrogens is 426 g/mol. The molecule has 8 heteroatoms. The Morgan fingerprint density at radius 3 is 2.78 bits per heavy atom. The highest BCUT2D eigenvalue weighted by Crippen LogP contribution is 2.44. The van der Waals surface area contributed by atoms with Gasteiger partial charge in [-0.2, -0.15) is 0 Å². The van der Waals surface area contributed by atoms with Crippen LogP contribution in [0.3, 0.4) is 0 Å². The van der Waals surface area contributed by atoms with Gasteiger partial charge in [-0.3, -0.25) is 14.6 Å². The molecule has 3 aromatic rings. The Morgan fingerprint density at radius 1 is 1.28 bits per heavy atom. The zero-order chi connectivity index (χ0) is 23.0. The van der Waals surface area contributed by atoms with Gasteiger partial charge in [0.2, 0.25) is 0 Å². The average Bonchev–Trinajstić information content (AvgIpc) is 3.33. The van der Waals surface area contributed by atoms with E-state index < -0.39 is 0 Å². The number of hydrogen-bond acceptors (Lipinski definition) is 6. The van der Waals surface area contributed by atoms with Crippen molar-refractivity contribution in [3.8, 4) is 11.5 Å². The molecule has 0 fully saturated rings. The molecule has 2 aromatic heterocycles. The quantitative estimate of drug-likeness (QED) is 0.595. The van der Waals surface area contributed by atoms with Crippen LogP contribution in [0.2, 0.25) is 0 Å². The van der Waals surface area contributed by atoms with Crippen molar-refractivity contribution in [1.82, 2.24) is 15.2 Å². The maximum absolute atomic E-state index is 12.6. The lowest BCUT2D eigenvalue weighted by Crippen LogP contribution is -2.28. The lowest BCUT2D eigenvalue weighted by molar-refractivity contribution is -0.115. The largest absolute Gasteiger partial charge is 0.456 e. The molecule has 32 heavy (non-hydrogen) atoms. The highest BCUT2D eigenvalue weighted by atomic mass is 32.1. The zero-order valence-corrected chi connectivity index (χ0v) is 19.2. The van der Waals surface area contributed by atoms with E-state index in [2.05, 4.69) is 17.2 Å². The molecule has 7 nitrogen and oxygen atoms in total. The van der Waals surface area contributed by atoms with E-state index in [1.165, 1.54) is 16.2 Å². The van der Waals surface area contributed by atoms with Crippen molar-refractivity contribution in [2.24, 2.45) is 0 Å². The molecule has 1 aromatic carbocycles. The van der Waals surface area contributed by atoms with Crippen LogP contribution in [0, 0.1) is 0 Å². The van der Waals surface area contributed by atoms with E-state index in [0.717, 1.165) is 27.0 Å². The zero-order valence-electron chi connectivity index (χ0n) is 18.4. The molecule has 1 aliphatic carbocycles. The number of pyridine rings is 1. The van der Waals surface area contributed by atoms with Gasteiger partial charge in [-0.1, -0.05) is 18.6 Å². The third-order valence-electron chi connectivity index (χ3n) is 5.85. The van der Waals surface area contributed by atoms with Gasteiger partial charge in [-0.15, -0.1) is 11.3 Å². The number of nitrogens with one attached hydrogen (secondary N) is 1. The molecule has 0 saturated heterocycles. The summed E-state index contributed by atoms with van der Waals surface area (Å²) < 4.78 is 6.99. The van der Waals surface area contributed by atoms with Gasteiger partial charge in [-0.25, -0.2) is 0 Å². The minimum atomic E-state index is -0.164. The monoisotopic (exact) mass is 451 g/mol. The molecular formula is C24H25N3O4S. The lowest BCUT2D eigenvalue weighted by Gasteiger charge is -2.13. The van der Waals surface area contributed by atoms with Crippen LogP contribution in [-0.4, -0.2) is 54.1 Å². The Kier molecular flexibility index (Phi) is 5.99. The molecule has 4 rings (SSSR count). The van der Waals surface area contributed by atoms with Gasteiger partial charge in [0, 0.05) is 44.4 Å². The number of benzene rings is 1. The second-order valence-electron chi connectivity index (χ2n) is 7.79. The molecule has 1 unspecified atom stereocenters. The number of rotatable bonds is 6. The van der Waals surface area contributed by atoms with E-state index in [1.807, 2.05) is 25.1 Å². The Balaban J connectivity index is 1.65. The predicted molar refractivity (Wildman–Crippen MR) is 125 cm³/mol. The number of hydrogen-bond donors (Lipinski definition) is 2. The maximum atomic E-state index is 12.6. The molecule has 2 heterocycles. The molecule has 166 valence electrons. The van der Waals surface area contributed by atoms with Crippen molar-refractivity contribution >= 4 is 38.9 Å². The van der Waals surface area contributed by atoms with Crippen LogP contribution in [0.5, 0.6) is 11.5 Å². The van der Waals surface area contributed by atoms with E-state index in [4.69, 9.17) is 9.84 Å². The van der Waals surface area contributed by atoms with Crippen molar-refractivity contribution in [2.45, 2.75) is 19.8 Å². The molecule has 0 spiro atoms. The number of amides is 2. The third kappa shape index (κ3) is 3.76. The van der Waals surface area contributed by atoms with Gasteiger partial charge in [0.15, 0.2) is 0 Å². The highest BCUT2D eigenvalue weighted by molar-refractivity contribution is 7.21. The second kappa shape index (κ2) is 8.72. The first-order valence-corrected chi connectivity index (χ1v) is 11.2. The third-order valence-corrected chi connectivity index (χ3v) is 6.98. The average molecular weight is 452 g/mol. The van der Waals surface area contributed by atoms with Gasteiger partial charge >= 0.3 is 0 Å². The van der Waals surface area contributed by atoms with Gasteiger partial charge in [0.25, 0.3) is 11.8 Å². The Morgan fingerprint density at radius 2 is 2.06 bits per heavy atom. The number of thiophene rings is 1. The van der Waals surface area contributed by atoms with Gasteiger partial charge in [0.1, 0.15) is 11.5 Å². The molecule has 2 N–H and O–H groups in total. The normalized spacial score (nSPS) is 15.1. The Bertz CT molecular complexity index is 1250. The lowest BCUT2D eigenvalue weighted by atomic mass is 9.99. The standard InChI is InChI=1S/C24H25N3O4S/c1-13-14(2)21(23(29)25-3)16-6-5-15(11-17(13)16)31-19-7-8-26-18-12-20(32-22(18)19)24(30)27(4)9-10-28/h5-8,11-13,28H,9-10H2,1-4H3,(H,25,29). The SMILES string of the molecule is CNC(=O)C1=C(C)C(C)c2cc(Oc3ccnc4cc(C(=O)N(C)CCO)sc34)ccc21. The second-order valence-corrected chi connectivity index (χ2v) is 8.85. The number of fused-ring (bicyclic) bond motifs is 2. The predicted octanol–water partition coefficient (Wildman–Crippen LogP) is 3.79. The number of nitrogens with zero attached hydrogens (tertiary/aromatic N) is 2. The van der Waals surface area contributed by atoms with Crippen molar-refractivity contribution in [3.63, 3.8) is 0 Å². The summed E-state index contributed by atoms with van der Waals surface area (Å²) in [5, 5.41) is 11.8. The van der Waals surface area contributed by atoms with Crippen LogP contribution in [-0.2, 0) is 4.79 Å². The number of aliphatic hydroxyl groups excluding tert-OH is 1. The molecule has 1 aliphatic rings. The van der Waals surface area contributed by atoms with Crippen LogP contribution in [0.25, 0.3) is 15.8 Å². The topological polar surface area (TPSA) is 91.8 Å². The van der Waals surface area contributed by atoms with Crippen molar-refractivity contribution in [1.29, 1.82) is 0 Å². The van der Waals surface area contributed by atoms with Crippen molar-refractivity contribution in [2.75, 3.05) is 27.2 Å². The summed E-state index contributed by atoms with van der Waals surface area (Å²) in [4.78, 5) is 31.3. The minimum absolute atomic E-state index is 0.0837. The minimum Gasteiger partial charge on any atom is -0.456 e. The fourth-order valence-electron chi connectivity index (χ4n) is 3.95. The Labute approximate surface area is 190 Å². The molecule has 0 aliphatic heterocycles. The van der Waals surface area contributed by atoms with Gasteiger partial charge in [-0.05, 0) is 36.2 Å².